The molecule has 1 saturated heterocycles. The SMILES string of the molecule is C[C@H](NC(=O)[C@@H](N)Cc1c[nH]cn1)C(=O)N[C@@H](Cc1ccccc1)C(=O)N1CCC[C@@H]1C(=O)O. The molecule has 6 N–H and O–H groups in total. The molecule has 0 spiro atoms. The predicted molar refractivity (Wildman–Crippen MR) is 122 cm³/mol. The summed E-state index contributed by atoms with van der Waals surface area (Å²) in [6.45, 7) is 1.81. The first kappa shape index (κ1) is 24.9. The fourth-order valence-corrected chi connectivity index (χ4v) is 3.94. The Hall–Kier alpha value is -3.73. The first-order valence-electron chi connectivity index (χ1n) is 11.2. The fraction of sp³-hybridized carbons (Fsp3) is 0.435. The second kappa shape index (κ2) is 11.4. The molecule has 1 aliphatic rings. The van der Waals surface area contributed by atoms with Gasteiger partial charge in [-0.15, -0.1) is 0 Å². The summed E-state index contributed by atoms with van der Waals surface area (Å²) in [6, 6.07) is 5.36. The van der Waals surface area contributed by atoms with Crippen molar-refractivity contribution in [1.29, 1.82) is 0 Å². The van der Waals surface area contributed by atoms with Gasteiger partial charge in [0.05, 0.1) is 18.1 Å². The van der Waals surface area contributed by atoms with Crippen LogP contribution in [0.25, 0.3) is 0 Å². The van der Waals surface area contributed by atoms with Gasteiger partial charge in [0.1, 0.15) is 18.1 Å². The maximum atomic E-state index is 13.3. The smallest absolute Gasteiger partial charge is 0.326 e. The largest absolute Gasteiger partial charge is 0.480 e. The summed E-state index contributed by atoms with van der Waals surface area (Å²) < 4.78 is 0. The standard InChI is InChI=1S/C23H30N6O5/c1-14(27-21(31)17(24)11-16-12-25-13-26-16)20(30)28-18(10-15-6-3-2-4-7-15)22(32)29-9-5-8-19(29)23(33)34/h2-4,6-7,12-14,17-19H,5,8-11,24H2,1H3,(H,25,26)(H,27,31)(H,28,30)(H,33,34)/t14-,17-,18-,19+/m0/s1. The van der Waals surface area contributed by atoms with Crippen LogP contribution < -0.4 is 16.4 Å². The zero-order chi connectivity index (χ0) is 24.7. The molecule has 2 heterocycles. The Morgan fingerprint density at radius 2 is 1.91 bits per heavy atom. The van der Waals surface area contributed by atoms with E-state index in [0.29, 0.717) is 25.1 Å². The number of carboxylic acids is 1. The van der Waals surface area contributed by atoms with Crippen LogP contribution in [0.15, 0.2) is 42.9 Å². The van der Waals surface area contributed by atoms with E-state index < -0.39 is 47.9 Å². The summed E-state index contributed by atoms with van der Waals surface area (Å²) in [7, 11) is 0. The highest BCUT2D eigenvalue weighted by Gasteiger charge is 2.38. The molecular weight excluding hydrogens is 440 g/mol. The highest BCUT2D eigenvalue weighted by molar-refractivity contribution is 5.94. The Balaban J connectivity index is 1.66. The third-order valence-corrected chi connectivity index (χ3v) is 5.79. The van der Waals surface area contributed by atoms with Gasteiger partial charge in [-0.3, -0.25) is 14.4 Å². The molecule has 4 atom stereocenters. The topological polar surface area (TPSA) is 171 Å². The number of rotatable bonds is 10. The lowest BCUT2D eigenvalue weighted by Crippen LogP contribution is -2.57. The van der Waals surface area contributed by atoms with Crippen molar-refractivity contribution in [2.45, 2.75) is 56.8 Å². The predicted octanol–water partition coefficient (Wildman–Crippen LogP) is -0.413. The van der Waals surface area contributed by atoms with Crippen LogP contribution in [0.3, 0.4) is 0 Å². The minimum atomic E-state index is -1.07. The molecule has 0 radical (unpaired) electrons. The summed E-state index contributed by atoms with van der Waals surface area (Å²) in [6.07, 6.45) is 4.45. The van der Waals surface area contributed by atoms with Crippen LogP contribution in [-0.4, -0.2) is 74.4 Å². The Bertz CT molecular complexity index is 997. The van der Waals surface area contributed by atoms with Gasteiger partial charge in [-0.05, 0) is 25.3 Å². The average Bonchev–Trinajstić information content (AvgIpc) is 3.51. The molecule has 182 valence electrons. The number of nitrogens with two attached hydrogens (primary N) is 1. The number of benzene rings is 1. The first-order chi connectivity index (χ1) is 16.3. The number of H-pyrrole nitrogens is 1. The van der Waals surface area contributed by atoms with Crippen LogP contribution in [0.5, 0.6) is 0 Å². The van der Waals surface area contributed by atoms with Gasteiger partial charge < -0.3 is 31.4 Å². The van der Waals surface area contributed by atoms with E-state index in [9.17, 15) is 24.3 Å². The molecule has 0 aliphatic carbocycles. The Morgan fingerprint density at radius 3 is 2.56 bits per heavy atom. The number of carbonyl (C=O) groups is 4. The van der Waals surface area contributed by atoms with Gasteiger partial charge in [0.2, 0.25) is 17.7 Å². The molecule has 1 aromatic carbocycles. The lowest BCUT2D eigenvalue weighted by Gasteiger charge is -2.28. The molecule has 1 fully saturated rings. The first-order valence-corrected chi connectivity index (χ1v) is 11.2. The zero-order valence-corrected chi connectivity index (χ0v) is 18.9. The monoisotopic (exact) mass is 470 g/mol. The molecule has 2 aromatic rings. The second-order valence-electron chi connectivity index (χ2n) is 8.38. The minimum absolute atomic E-state index is 0.188. The number of likely N-dealkylation sites (tertiary alicyclic amines) is 1. The molecule has 1 aromatic heterocycles. The van der Waals surface area contributed by atoms with Gasteiger partial charge in [0, 0.05) is 25.6 Å². The molecule has 0 bridgehead atoms. The van der Waals surface area contributed by atoms with Crippen molar-refractivity contribution in [2.24, 2.45) is 5.73 Å². The minimum Gasteiger partial charge on any atom is -0.480 e. The van der Waals surface area contributed by atoms with E-state index in [2.05, 4.69) is 20.6 Å². The molecule has 0 saturated carbocycles. The number of hydrogen-bond acceptors (Lipinski definition) is 6. The van der Waals surface area contributed by atoms with Gasteiger partial charge in [0.25, 0.3) is 0 Å². The fourth-order valence-electron chi connectivity index (χ4n) is 3.94. The van der Waals surface area contributed by atoms with Gasteiger partial charge in [-0.25, -0.2) is 9.78 Å². The third kappa shape index (κ3) is 6.41. The molecule has 1 aliphatic heterocycles. The van der Waals surface area contributed by atoms with Crippen molar-refractivity contribution < 1.29 is 24.3 Å². The van der Waals surface area contributed by atoms with Gasteiger partial charge in [0.15, 0.2) is 0 Å². The number of aromatic nitrogens is 2. The average molecular weight is 471 g/mol. The van der Waals surface area contributed by atoms with Crippen LogP contribution in [0.2, 0.25) is 0 Å². The summed E-state index contributed by atoms with van der Waals surface area (Å²) in [5, 5.41) is 14.7. The lowest BCUT2D eigenvalue weighted by atomic mass is 10.0. The van der Waals surface area contributed by atoms with Gasteiger partial charge in [-0.1, -0.05) is 30.3 Å². The molecule has 34 heavy (non-hydrogen) atoms. The van der Waals surface area contributed by atoms with Crippen molar-refractivity contribution in [1.82, 2.24) is 25.5 Å². The normalized spacial score (nSPS) is 18.1. The second-order valence-corrected chi connectivity index (χ2v) is 8.38. The zero-order valence-electron chi connectivity index (χ0n) is 18.9. The maximum Gasteiger partial charge on any atom is 0.326 e. The number of carboxylic acid groups (broad SMARTS) is 1. The molecule has 3 amide bonds. The number of amides is 3. The number of nitrogens with one attached hydrogen (secondary N) is 3. The van der Waals surface area contributed by atoms with E-state index in [0.717, 1.165) is 5.56 Å². The van der Waals surface area contributed by atoms with Crippen LogP contribution >= 0.6 is 0 Å². The molecule has 11 heteroatoms. The van der Waals surface area contributed by atoms with Crippen molar-refractivity contribution >= 4 is 23.7 Å². The van der Waals surface area contributed by atoms with E-state index in [1.54, 1.807) is 6.20 Å². The van der Waals surface area contributed by atoms with E-state index in [4.69, 9.17) is 5.73 Å². The van der Waals surface area contributed by atoms with E-state index >= 15 is 0 Å². The number of carbonyl (C=O) groups excluding carboxylic acids is 3. The van der Waals surface area contributed by atoms with Crippen molar-refractivity contribution in [2.75, 3.05) is 6.54 Å². The Kier molecular flexibility index (Phi) is 8.36. The van der Waals surface area contributed by atoms with Crippen LogP contribution in [0.4, 0.5) is 0 Å². The van der Waals surface area contributed by atoms with E-state index in [-0.39, 0.29) is 12.8 Å². The van der Waals surface area contributed by atoms with Gasteiger partial charge >= 0.3 is 5.97 Å². The van der Waals surface area contributed by atoms with Crippen molar-refractivity contribution in [3.8, 4) is 0 Å². The Labute approximate surface area is 197 Å². The van der Waals surface area contributed by atoms with Crippen LogP contribution in [0.1, 0.15) is 31.0 Å². The van der Waals surface area contributed by atoms with Crippen LogP contribution in [-0.2, 0) is 32.0 Å². The number of nitrogens with zero attached hydrogens (tertiary/aromatic N) is 2. The van der Waals surface area contributed by atoms with E-state index in [1.807, 2.05) is 30.3 Å². The number of imidazole rings is 1. The number of hydrogen-bond donors (Lipinski definition) is 5. The van der Waals surface area contributed by atoms with Crippen molar-refractivity contribution in [3.05, 3.63) is 54.1 Å². The number of aromatic amines is 1. The molecule has 0 unspecified atom stereocenters. The van der Waals surface area contributed by atoms with Crippen LogP contribution in [0, 0.1) is 0 Å². The Morgan fingerprint density at radius 1 is 1.18 bits per heavy atom. The summed E-state index contributed by atoms with van der Waals surface area (Å²) in [5.74, 6) is -2.62. The quantitative estimate of drug-likeness (QED) is 0.314. The number of aliphatic carboxylic acids is 1. The molecule has 11 nitrogen and oxygen atoms in total. The summed E-state index contributed by atoms with van der Waals surface area (Å²) >= 11 is 0. The van der Waals surface area contributed by atoms with Crippen molar-refractivity contribution in [3.63, 3.8) is 0 Å². The maximum absolute atomic E-state index is 13.3. The third-order valence-electron chi connectivity index (χ3n) is 5.79. The highest BCUT2D eigenvalue weighted by Crippen LogP contribution is 2.19. The highest BCUT2D eigenvalue weighted by atomic mass is 16.4. The van der Waals surface area contributed by atoms with Gasteiger partial charge in [-0.2, -0.15) is 0 Å². The lowest BCUT2D eigenvalue weighted by molar-refractivity contribution is -0.149. The molecular formula is C23H30N6O5. The summed E-state index contributed by atoms with van der Waals surface area (Å²) in [4.78, 5) is 58.3. The van der Waals surface area contributed by atoms with E-state index in [1.165, 1.54) is 18.2 Å². The molecule has 3 rings (SSSR count). The summed E-state index contributed by atoms with van der Waals surface area (Å²) in [5.41, 5.74) is 7.35.